The summed E-state index contributed by atoms with van der Waals surface area (Å²) in [7, 11) is -3.82. The normalized spacial score (nSPS) is 12.8. The summed E-state index contributed by atoms with van der Waals surface area (Å²) in [6.45, 7) is 3.41. The molecule has 0 fully saturated rings. The van der Waals surface area contributed by atoms with Gasteiger partial charge < -0.3 is 10.2 Å². The molecule has 0 spiro atoms. The average Bonchev–Trinajstić information content (AvgIpc) is 2.90. The molecule has 0 heterocycles. The van der Waals surface area contributed by atoms with Crippen LogP contribution in [-0.4, -0.2) is 50.0 Å². The topological polar surface area (TPSA) is 86.8 Å². The van der Waals surface area contributed by atoms with Gasteiger partial charge in [0.15, 0.2) is 0 Å². The Morgan fingerprint density at radius 1 is 0.974 bits per heavy atom. The van der Waals surface area contributed by atoms with Gasteiger partial charge in [-0.15, -0.1) is 0 Å². The summed E-state index contributed by atoms with van der Waals surface area (Å²) in [5.74, 6) is -0.841. The quantitative estimate of drug-likeness (QED) is 0.288. The Morgan fingerprint density at radius 3 is 2.18 bits per heavy atom. The van der Waals surface area contributed by atoms with Crippen molar-refractivity contribution in [1.82, 2.24) is 10.2 Å². The van der Waals surface area contributed by atoms with Crippen LogP contribution in [0.3, 0.4) is 0 Å². The van der Waals surface area contributed by atoms with Crippen molar-refractivity contribution < 1.29 is 18.0 Å². The van der Waals surface area contributed by atoms with Crippen LogP contribution in [-0.2, 0) is 32.6 Å². The van der Waals surface area contributed by atoms with Crippen molar-refractivity contribution in [3.63, 3.8) is 0 Å². The highest BCUT2D eigenvalue weighted by atomic mass is 79.9. The van der Waals surface area contributed by atoms with E-state index in [9.17, 15) is 18.0 Å². The van der Waals surface area contributed by atoms with Gasteiger partial charge in [-0.25, -0.2) is 8.42 Å². The Balaban J connectivity index is 2.06. The van der Waals surface area contributed by atoms with Crippen molar-refractivity contribution in [3.8, 4) is 0 Å². The zero-order valence-electron chi connectivity index (χ0n) is 22.2. The first kappa shape index (κ1) is 30.7. The molecule has 10 heteroatoms. The lowest BCUT2D eigenvalue weighted by atomic mass is 10.0. The number of benzene rings is 3. The molecular weight excluding hydrogens is 602 g/mol. The van der Waals surface area contributed by atoms with E-state index in [0.717, 1.165) is 20.6 Å². The molecule has 3 rings (SSSR count). The van der Waals surface area contributed by atoms with Gasteiger partial charge in [-0.05, 0) is 54.8 Å². The van der Waals surface area contributed by atoms with Gasteiger partial charge in [0.25, 0.3) is 0 Å². The van der Waals surface area contributed by atoms with E-state index in [1.54, 1.807) is 48.5 Å². The van der Waals surface area contributed by atoms with E-state index in [-0.39, 0.29) is 24.9 Å². The van der Waals surface area contributed by atoms with E-state index < -0.39 is 28.5 Å². The molecule has 0 saturated carbocycles. The molecule has 0 aliphatic rings. The minimum Gasteiger partial charge on any atom is -0.352 e. The van der Waals surface area contributed by atoms with E-state index in [2.05, 4.69) is 21.2 Å². The van der Waals surface area contributed by atoms with Crippen LogP contribution in [0.2, 0.25) is 5.02 Å². The average molecular weight is 635 g/mol. The van der Waals surface area contributed by atoms with Crippen molar-refractivity contribution in [1.29, 1.82) is 0 Å². The smallest absolute Gasteiger partial charge is 0.244 e. The maximum absolute atomic E-state index is 14.0. The number of hydrogen-bond donors (Lipinski definition) is 1. The number of carbonyl (C=O) groups excluding carboxylic acids is 2. The minimum absolute atomic E-state index is 0.0296. The molecule has 3 aromatic carbocycles. The van der Waals surface area contributed by atoms with Crippen molar-refractivity contribution in [2.75, 3.05) is 17.1 Å². The van der Waals surface area contributed by atoms with Crippen molar-refractivity contribution in [2.24, 2.45) is 0 Å². The maximum atomic E-state index is 14.0. The Kier molecular flexibility index (Phi) is 11.0. The maximum Gasteiger partial charge on any atom is 0.244 e. The fraction of sp³-hybridized carbons (Fsp3) is 0.310. The monoisotopic (exact) mass is 633 g/mol. The van der Waals surface area contributed by atoms with Crippen LogP contribution in [0, 0.1) is 0 Å². The van der Waals surface area contributed by atoms with Crippen LogP contribution in [0.15, 0.2) is 83.3 Å². The fourth-order valence-corrected chi connectivity index (χ4v) is 5.34. The van der Waals surface area contributed by atoms with E-state index in [0.29, 0.717) is 22.7 Å². The van der Waals surface area contributed by atoms with Crippen LogP contribution in [0.25, 0.3) is 0 Å². The SMILES string of the molecule is CC[C@H](C)NC(=O)[C@H](Cc1ccccc1)N(Cc1ccccc1Cl)C(=O)CN(c1ccc(Br)cc1)S(C)(=O)=O. The van der Waals surface area contributed by atoms with Gasteiger partial charge in [-0.2, -0.15) is 0 Å². The highest BCUT2D eigenvalue weighted by molar-refractivity contribution is 9.10. The second-order valence-electron chi connectivity index (χ2n) is 9.38. The van der Waals surface area contributed by atoms with Gasteiger partial charge in [0.1, 0.15) is 12.6 Å². The lowest BCUT2D eigenvalue weighted by Crippen LogP contribution is -2.54. The van der Waals surface area contributed by atoms with Crippen LogP contribution < -0.4 is 9.62 Å². The number of hydrogen-bond acceptors (Lipinski definition) is 4. The van der Waals surface area contributed by atoms with Crippen molar-refractivity contribution in [2.45, 2.75) is 45.3 Å². The van der Waals surface area contributed by atoms with Crippen molar-refractivity contribution >= 4 is 55.1 Å². The molecular formula is C29H33BrClN3O4S. The van der Waals surface area contributed by atoms with Crippen LogP contribution in [0.1, 0.15) is 31.4 Å². The first-order valence-electron chi connectivity index (χ1n) is 12.6. The highest BCUT2D eigenvalue weighted by Crippen LogP contribution is 2.24. The number of anilines is 1. The minimum atomic E-state index is -3.82. The molecule has 0 aromatic heterocycles. The van der Waals surface area contributed by atoms with Gasteiger partial charge in [0.2, 0.25) is 21.8 Å². The van der Waals surface area contributed by atoms with Gasteiger partial charge >= 0.3 is 0 Å². The Labute approximate surface area is 244 Å². The predicted octanol–water partition coefficient (Wildman–Crippen LogP) is 5.42. The summed E-state index contributed by atoms with van der Waals surface area (Å²) in [4.78, 5) is 29.1. The zero-order valence-corrected chi connectivity index (χ0v) is 25.3. The summed E-state index contributed by atoms with van der Waals surface area (Å²) in [6, 6.07) is 22.2. The van der Waals surface area contributed by atoms with Crippen molar-refractivity contribution in [3.05, 3.63) is 99.5 Å². The Hall–Kier alpha value is -2.88. The fourth-order valence-electron chi connectivity index (χ4n) is 4.03. The van der Waals surface area contributed by atoms with E-state index in [4.69, 9.17) is 11.6 Å². The standard InChI is InChI=1S/C29H33BrClN3O4S/c1-4-21(2)32-29(36)27(18-22-10-6-5-7-11-22)33(19-23-12-8-9-13-26(23)31)28(35)20-34(39(3,37)38)25-16-14-24(30)15-17-25/h5-17,21,27H,4,18-20H2,1-3H3,(H,32,36)/t21-,27-/m0/s1. The predicted molar refractivity (Wildman–Crippen MR) is 160 cm³/mol. The second kappa shape index (κ2) is 14.0. The molecule has 0 aliphatic carbocycles. The molecule has 1 N–H and O–H groups in total. The molecule has 2 amide bonds. The summed E-state index contributed by atoms with van der Waals surface area (Å²) in [6.07, 6.45) is 2.02. The molecule has 0 bridgehead atoms. The molecule has 0 saturated heterocycles. The van der Waals surface area contributed by atoms with Crippen LogP contribution in [0.5, 0.6) is 0 Å². The zero-order chi connectivity index (χ0) is 28.6. The third kappa shape index (κ3) is 8.81. The van der Waals surface area contributed by atoms with Gasteiger partial charge in [-0.1, -0.05) is 83.0 Å². The van der Waals surface area contributed by atoms with Gasteiger partial charge in [0.05, 0.1) is 11.9 Å². The first-order chi connectivity index (χ1) is 18.5. The lowest BCUT2D eigenvalue weighted by Gasteiger charge is -2.34. The number of nitrogens with one attached hydrogen (secondary N) is 1. The lowest BCUT2D eigenvalue weighted by molar-refractivity contribution is -0.140. The van der Waals surface area contributed by atoms with E-state index >= 15 is 0 Å². The molecule has 0 radical (unpaired) electrons. The summed E-state index contributed by atoms with van der Waals surface area (Å²) >= 11 is 9.82. The highest BCUT2D eigenvalue weighted by Gasteiger charge is 2.33. The number of rotatable bonds is 12. The van der Waals surface area contributed by atoms with E-state index in [1.165, 1.54) is 4.90 Å². The molecule has 208 valence electrons. The molecule has 39 heavy (non-hydrogen) atoms. The summed E-state index contributed by atoms with van der Waals surface area (Å²) in [5, 5.41) is 3.45. The first-order valence-corrected chi connectivity index (χ1v) is 15.6. The summed E-state index contributed by atoms with van der Waals surface area (Å²) in [5.41, 5.74) is 1.86. The third-order valence-corrected chi connectivity index (χ3v) is 8.40. The van der Waals surface area contributed by atoms with Crippen LogP contribution >= 0.6 is 27.5 Å². The molecule has 3 aromatic rings. The largest absolute Gasteiger partial charge is 0.352 e. The number of nitrogens with zero attached hydrogens (tertiary/aromatic N) is 2. The number of amides is 2. The molecule has 2 atom stereocenters. The number of sulfonamides is 1. The Morgan fingerprint density at radius 2 is 1.59 bits per heavy atom. The number of halogens is 2. The van der Waals surface area contributed by atoms with Crippen LogP contribution in [0.4, 0.5) is 5.69 Å². The molecule has 0 unspecified atom stereocenters. The molecule has 7 nitrogen and oxygen atoms in total. The number of carbonyl (C=O) groups is 2. The Bertz CT molecular complexity index is 1370. The second-order valence-corrected chi connectivity index (χ2v) is 12.6. The molecule has 0 aliphatic heterocycles. The van der Waals surface area contributed by atoms with Gasteiger partial charge in [-0.3, -0.25) is 13.9 Å². The summed E-state index contributed by atoms with van der Waals surface area (Å²) < 4.78 is 27.4. The van der Waals surface area contributed by atoms with E-state index in [1.807, 2.05) is 44.2 Å². The third-order valence-electron chi connectivity index (χ3n) is 6.36. The van der Waals surface area contributed by atoms with Gasteiger partial charge in [0, 0.05) is 28.5 Å².